The number of benzene rings is 1. The van der Waals surface area contributed by atoms with Gasteiger partial charge in [0.25, 0.3) is 0 Å². The number of rotatable bonds is 8. The maximum Gasteiger partial charge on any atom is 0.243 e. The molecule has 0 N–H and O–H groups in total. The second kappa shape index (κ2) is 10.4. The van der Waals surface area contributed by atoms with Crippen LogP contribution in [0.25, 0.3) is 0 Å². The summed E-state index contributed by atoms with van der Waals surface area (Å²) in [5.74, 6) is 0.802. The van der Waals surface area contributed by atoms with E-state index in [1.807, 2.05) is 34.3 Å². The average molecular weight is 395 g/mol. The van der Waals surface area contributed by atoms with Crippen LogP contribution in [0.3, 0.4) is 0 Å². The van der Waals surface area contributed by atoms with Crippen LogP contribution >= 0.6 is 11.6 Å². The topological polar surface area (TPSA) is 48.4 Å². The van der Waals surface area contributed by atoms with Gasteiger partial charge in [-0.05, 0) is 32.4 Å². The van der Waals surface area contributed by atoms with E-state index in [1.165, 1.54) is 0 Å². The summed E-state index contributed by atoms with van der Waals surface area (Å²) in [4.78, 5) is 16.9. The number of hydrogen-bond donors (Lipinski definition) is 0. The van der Waals surface area contributed by atoms with Gasteiger partial charge in [-0.15, -0.1) is 0 Å². The molecule has 1 aliphatic rings. The second-order valence-corrected chi connectivity index (χ2v) is 7.37. The van der Waals surface area contributed by atoms with Crippen LogP contribution in [0.4, 0.5) is 5.69 Å². The first kappa shape index (κ1) is 21.4. The molecule has 0 radical (unpaired) electrons. The number of amides is 1. The zero-order valence-electron chi connectivity index (χ0n) is 16.8. The van der Waals surface area contributed by atoms with Gasteiger partial charge in [0.2, 0.25) is 5.91 Å². The van der Waals surface area contributed by atoms with E-state index < -0.39 is 0 Å². The first-order chi connectivity index (χ1) is 13.0. The Balaban J connectivity index is 1.91. The fraction of sp³-hybridized carbons (Fsp3) is 0.600. The summed E-state index contributed by atoms with van der Waals surface area (Å²) in [6, 6.07) is 5.99. The minimum Gasteiger partial charge on any atom is -0.495 e. The van der Waals surface area contributed by atoms with Crippen molar-refractivity contribution in [2.75, 3.05) is 44.7 Å². The normalized spacial score (nSPS) is 14.9. The van der Waals surface area contributed by atoms with Crippen molar-refractivity contribution in [3.8, 4) is 5.75 Å². The molecule has 7 heteroatoms. The fourth-order valence-corrected chi connectivity index (χ4v) is 3.14. The van der Waals surface area contributed by atoms with Crippen molar-refractivity contribution >= 4 is 29.4 Å². The Hall–Kier alpha value is -1.95. The van der Waals surface area contributed by atoms with Crippen LogP contribution in [0, 0.1) is 0 Å². The van der Waals surface area contributed by atoms with Crippen molar-refractivity contribution in [2.45, 2.75) is 39.7 Å². The van der Waals surface area contributed by atoms with Gasteiger partial charge in [0, 0.05) is 50.2 Å². The number of carbonyl (C=O) groups excluding carboxylic acids is 1. The van der Waals surface area contributed by atoms with Crippen molar-refractivity contribution in [3.63, 3.8) is 0 Å². The number of hydrazone groups is 1. The summed E-state index contributed by atoms with van der Waals surface area (Å²) in [6.07, 6.45) is 3.89. The number of carbonyl (C=O) groups is 1. The van der Waals surface area contributed by atoms with Crippen molar-refractivity contribution in [2.24, 2.45) is 5.10 Å². The molecule has 0 unspecified atom stereocenters. The summed E-state index contributed by atoms with van der Waals surface area (Å²) >= 11 is 6.11. The standard InChI is InChI=1S/C20H31ClN4O2/c1-5-6-9-22-25(16(2)3)15-20(26)24-12-10-23(11-13-24)17-7-8-18(21)19(14-17)27-4/h7-9,14,16H,5-6,10-13,15H2,1-4H3/b22-9-. The van der Waals surface area contributed by atoms with Crippen LogP contribution in [0.2, 0.25) is 5.02 Å². The van der Waals surface area contributed by atoms with E-state index in [4.69, 9.17) is 16.3 Å². The lowest BCUT2D eigenvalue weighted by Crippen LogP contribution is -2.51. The number of piperazine rings is 1. The van der Waals surface area contributed by atoms with Crippen LogP contribution < -0.4 is 9.64 Å². The Morgan fingerprint density at radius 3 is 2.63 bits per heavy atom. The van der Waals surface area contributed by atoms with Crippen LogP contribution in [0.1, 0.15) is 33.6 Å². The molecular formula is C20H31ClN4O2. The lowest BCUT2D eigenvalue weighted by atomic mass is 10.2. The summed E-state index contributed by atoms with van der Waals surface area (Å²) in [6.45, 7) is 9.54. The predicted molar refractivity (Wildman–Crippen MR) is 112 cm³/mol. The maximum atomic E-state index is 12.7. The average Bonchev–Trinajstić information content (AvgIpc) is 2.67. The van der Waals surface area contributed by atoms with Gasteiger partial charge in [0.1, 0.15) is 12.3 Å². The maximum absolute atomic E-state index is 12.7. The quantitative estimate of drug-likeness (QED) is 0.500. The molecule has 0 aromatic heterocycles. The van der Waals surface area contributed by atoms with Gasteiger partial charge in [0.05, 0.1) is 12.1 Å². The SMILES string of the molecule is CCC/C=N\N(CC(=O)N1CCN(c2ccc(Cl)c(OC)c2)CC1)C(C)C. The smallest absolute Gasteiger partial charge is 0.243 e. The third-order valence-electron chi connectivity index (χ3n) is 4.67. The van der Waals surface area contributed by atoms with Crippen molar-refractivity contribution in [1.29, 1.82) is 0 Å². The molecule has 1 saturated heterocycles. The fourth-order valence-electron chi connectivity index (χ4n) is 2.95. The van der Waals surface area contributed by atoms with E-state index in [9.17, 15) is 4.79 Å². The molecule has 2 rings (SSSR count). The first-order valence-electron chi connectivity index (χ1n) is 9.61. The van der Waals surface area contributed by atoms with Gasteiger partial charge in [-0.25, -0.2) is 0 Å². The zero-order valence-corrected chi connectivity index (χ0v) is 17.6. The highest BCUT2D eigenvalue weighted by molar-refractivity contribution is 6.32. The zero-order chi connectivity index (χ0) is 19.8. The number of anilines is 1. The Morgan fingerprint density at radius 2 is 2.04 bits per heavy atom. The monoisotopic (exact) mass is 394 g/mol. The minimum atomic E-state index is 0.130. The molecular weight excluding hydrogens is 364 g/mol. The number of unbranched alkanes of at least 4 members (excludes halogenated alkanes) is 1. The summed E-state index contributed by atoms with van der Waals surface area (Å²) in [5.41, 5.74) is 1.07. The number of halogens is 1. The molecule has 1 amide bonds. The van der Waals surface area contributed by atoms with Crippen LogP contribution in [-0.4, -0.2) is 67.9 Å². The van der Waals surface area contributed by atoms with E-state index in [1.54, 1.807) is 7.11 Å². The third-order valence-corrected chi connectivity index (χ3v) is 4.99. The van der Waals surface area contributed by atoms with Gasteiger partial charge in [-0.3, -0.25) is 9.80 Å². The number of ether oxygens (including phenoxy) is 1. The Kier molecular flexibility index (Phi) is 8.23. The summed E-state index contributed by atoms with van der Waals surface area (Å²) in [7, 11) is 1.62. The molecule has 1 aromatic rings. The van der Waals surface area contributed by atoms with Crippen molar-refractivity contribution < 1.29 is 9.53 Å². The molecule has 1 heterocycles. The lowest BCUT2D eigenvalue weighted by molar-refractivity contribution is -0.133. The molecule has 0 spiro atoms. The van der Waals surface area contributed by atoms with E-state index in [0.29, 0.717) is 30.4 Å². The third kappa shape index (κ3) is 6.03. The molecule has 1 fully saturated rings. The summed E-state index contributed by atoms with van der Waals surface area (Å²) < 4.78 is 5.30. The highest BCUT2D eigenvalue weighted by Crippen LogP contribution is 2.29. The summed E-state index contributed by atoms with van der Waals surface area (Å²) in [5, 5.41) is 6.94. The van der Waals surface area contributed by atoms with Gasteiger partial charge in [-0.1, -0.05) is 24.9 Å². The van der Waals surface area contributed by atoms with Crippen molar-refractivity contribution in [1.82, 2.24) is 9.91 Å². The van der Waals surface area contributed by atoms with Crippen LogP contribution in [0.15, 0.2) is 23.3 Å². The second-order valence-electron chi connectivity index (χ2n) is 6.96. The van der Waals surface area contributed by atoms with E-state index in [-0.39, 0.29) is 11.9 Å². The minimum absolute atomic E-state index is 0.130. The number of nitrogens with zero attached hydrogens (tertiary/aromatic N) is 4. The largest absolute Gasteiger partial charge is 0.495 e. The number of methoxy groups -OCH3 is 1. The molecule has 1 aromatic carbocycles. The van der Waals surface area contributed by atoms with Gasteiger partial charge in [-0.2, -0.15) is 5.10 Å². The van der Waals surface area contributed by atoms with Gasteiger partial charge in [0.15, 0.2) is 0 Å². The molecule has 1 aliphatic heterocycles. The molecule has 0 bridgehead atoms. The van der Waals surface area contributed by atoms with Gasteiger partial charge < -0.3 is 14.5 Å². The number of hydrogen-bond acceptors (Lipinski definition) is 5. The molecule has 150 valence electrons. The van der Waals surface area contributed by atoms with Crippen LogP contribution in [-0.2, 0) is 4.79 Å². The predicted octanol–water partition coefficient (Wildman–Crippen LogP) is 3.49. The Labute approximate surface area is 167 Å². The van der Waals surface area contributed by atoms with Gasteiger partial charge >= 0.3 is 0 Å². The van der Waals surface area contributed by atoms with E-state index >= 15 is 0 Å². The first-order valence-corrected chi connectivity index (χ1v) is 9.99. The van der Waals surface area contributed by atoms with E-state index in [0.717, 1.165) is 31.6 Å². The molecule has 0 atom stereocenters. The highest BCUT2D eigenvalue weighted by atomic mass is 35.5. The van der Waals surface area contributed by atoms with Crippen molar-refractivity contribution in [3.05, 3.63) is 23.2 Å². The Bertz CT molecular complexity index is 643. The molecule has 0 saturated carbocycles. The molecule has 27 heavy (non-hydrogen) atoms. The lowest BCUT2D eigenvalue weighted by Gasteiger charge is -2.37. The highest BCUT2D eigenvalue weighted by Gasteiger charge is 2.23. The molecule has 6 nitrogen and oxygen atoms in total. The van der Waals surface area contributed by atoms with E-state index in [2.05, 4.69) is 30.8 Å². The Morgan fingerprint density at radius 1 is 1.33 bits per heavy atom. The van der Waals surface area contributed by atoms with Crippen LogP contribution in [0.5, 0.6) is 5.75 Å². The molecule has 0 aliphatic carbocycles.